The Morgan fingerprint density at radius 1 is 1.33 bits per heavy atom. The van der Waals surface area contributed by atoms with E-state index in [9.17, 15) is 5.11 Å². The van der Waals surface area contributed by atoms with Gasteiger partial charge in [0.15, 0.2) is 0 Å². The van der Waals surface area contributed by atoms with Crippen molar-refractivity contribution in [2.45, 2.75) is 51.6 Å². The third-order valence-electron chi connectivity index (χ3n) is 4.98. The normalized spacial score (nSPS) is 30.0. The molecule has 2 aliphatic rings. The van der Waals surface area contributed by atoms with Gasteiger partial charge in [-0.15, -0.1) is 0 Å². The molecule has 0 amide bonds. The van der Waals surface area contributed by atoms with Crippen molar-refractivity contribution in [2.24, 2.45) is 11.8 Å². The van der Waals surface area contributed by atoms with E-state index >= 15 is 0 Å². The second-order valence-corrected chi connectivity index (χ2v) is 6.87. The zero-order valence-electron chi connectivity index (χ0n) is 13.1. The summed E-state index contributed by atoms with van der Waals surface area (Å²) in [6.45, 7) is 5.22. The molecule has 3 rings (SSSR count). The standard InChI is InChI=1S/C19H26O2/c1-13-9-14(2)11-16(10-13)18(20)12-15-7-8-21-19-6-4-3-5-17(15)19/h3-6,9,13,15-16,18,20H,7-8,10-12H2,1-2H3. The van der Waals surface area contributed by atoms with Crippen LogP contribution in [0.1, 0.15) is 51.0 Å². The molecule has 1 aromatic rings. The Hall–Kier alpha value is -1.28. The Morgan fingerprint density at radius 3 is 2.95 bits per heavy atom. The molecule has 0 radical (unpaired) electrons. The number of hydrogen-bond acceptors (Lipinski definition) is 2. The lowest BCUT2D eigenvalue weighted by Gasteiger charge is -2.33. The first-order chi connectivity index (χ1) is 10.1. The van der Waals surface area contributed by atoms with Gasteiger partial charge in [0, 0.05) is 0 Å². The van der Waals surface area contributed by atoms with Crippen molar-refractivity contribution < 1.29 is 9.84 Å². The van der Waals surface area contributed by atoms with Crippen LogP contribution < -0.4 is 4.74 Å². The molecular weight excluding hydrogens is 260 g/mol. The summed E-state index contributed by atoms with van der Waals surface area (Å²) < 4.78 is 5.72. The molecule has 1 aromatic carbocycles. The van der Waals surface area contributed by atoms with Crippen LogP contribution >= 0.6 is 0 Å². The molecular formula is C19H26O2. The minimum absolute atomic E-state index is 0.202. The van der Waals surface area contributed by atoms with Gasteiger partial charge in [-0.3, -0.25) is 0 Å². The van der Waals surface area contributed by atoms with Crippen LogP contribution in [0.25, 0.3) is 0 Å². The molecule has 2 nitrogen and oxygen atoms in total. The molecule has 0 saturated heterocycles. The average Bonchev–Trinajstić information content (AvgIpc) is 2.46. The summed E-state index contributed by atoms with van der Waals surface area (Å²) in [6, 6.07) is 8.29. The minimum Gasteiger partial charge on any atom is -0.493 e. The number of aliphatic hydroxyl groups excluding tert-OH is 1. The van der Waals surface area contributed by atoms with Crippen LogP contribution in [0.2, 0.25) is 0 Å². The van der Waals surface area contributed by atoms with Crippen molar-refractivity contribution in [3.63, 3.8) is 0 Å². The molecule has 0 bridgehead atoms. The number of aliphatic hydroxyl groups is 1. The van der Waals surface area contributed by atoms with E-state index in [1.807, 2.05) is 12.1 Å². The second kappa shape index (κ2) is 6.23. The highest BCUT2D eigenvalue weighted by molar-refractivity contribution is 5.37. The van der Waals surface area contributed by atoms with Gasteiger partial charge in [0.05, 0.1) is 12.7 Å². The molecule has 21 heavy (non-hydrogen) atoms. The molecule has 1 heterocycles. The first-order valence-electron chi connectivity index (χ1n) is 8.20. The molecule has 114 valence electrons. The van der Waals surface area contributed by atoms with Crippen molar-refractivity contribution in [1.29, 1.82) is 0 Å². The Bertz CT molecular complexity index is 520. The molecule has 4 atom stereocenters. The molecule has 0 spiro atoms. The third kappa shape index (κ3) is 3.32. The highest BCUT2D eigenvalue weighted by Crippen LogP contribution is 2.39. The number of benzene rings is 1. The van der Waals surface area contributed by atoms with E-state index in [2.05, 4.69) is 32.1 Å². The van der Waals surface area contributed by atoms with E-state index in [0.717, 1.165) is 38.0 Å². The van der Waals surface area contributed by atoms with Gasteiger partial charge in [0.2, 0.25) is 0 Å². The lowest BCUT2D eigenvalue weighted by molar-refractivity contribution is 0.0730. The zero-order valence-corrected chi connectivity index (χ0v) is 13.1. The summed E-state index contributed by atoms with van der Waals surface area (Å²) in [7, 11) is 0. The topological polar surface area (TPSA) is 29.5 Å². The van der Waals surface area contributed by atoms with Crippen LogP contribution in [0.4, 0.5) is 0 Å². The summed E-state index contributed by atoms with van der Waals surface area (Å²) in [5, 5.41) is 10.7. The van der Waals surface area contributed by atoms with Crippen LogP contribution in [-0.4, -0.2) is 17.8 Å². The maximum absolute atomic E-state index is 10.7. The van der Waals surface area contributed by atoms with Crippen molar-refractivity contribution in [3.8, 4) is 5.75 Å². The number of allylic oxidation sites excluding steroid dienone is 2. The first-order valence-corrected chi connectivity index (χ1v) is 8.20. The fourth-order valence-corrected chi connectivity index (χ4v) is 4.03. The molecule has 2 heteroatoms. The van der Waals surface area contributed by atoms with E-state index in [-0.39, 0.29) is 6.10 Å². The maximum atomic E-state index is 10.7. The van der Waals surface area contributed by atoms with Gasteiger partial charge in [-0.05, 0) is 62.0 Å². The van der Waals surface area contributed by atoms with Crippen LogP contribution in [0.15, 0.2) is 35.9 Å². The Labute approximate surface area is 127 Å². The predicted molar refractivity (Wildman–Crippen MR) is 85.6 cm³/mol. The Kier molecular flexibility index (Phi) is 4.34. The number of hydrogen-bond donors (Lipinski definition) is 1. The molecule has 4 unspecified atom stereocenters. The van der Waals surface area contributed by atoms with Crippen LogP contribution in [0.5, 0.6) is 5.75 Å². The average molecular weight is 286 g/mol. The Morgan fingerprint density at radius 2 is 2.14 bits per heavy atom. The lowest BCUT2D eigenvalue weighted by Crippen LogP contribution is -2.28. The van der Waals surface area contributed by atoms with Gasteiger partial charge in [0.1, 0.15) is 5.75 Å². The summed E-state index contributed by atoms with van der Waals surface area (Å²) in [5.41, 5.74) is 2.71. The predicted octanol–water partition coefficient (Wildman–Crippen LogP) is 4.30. The fourth-order valence-electron chi connectivity index (χ4n) is 4.03. The van der Waals surface area contributed by atoms with Gasteiger partial charge in [-0.1, -0.05) is 36.8 Å². The van der Waals surface area contributed by atoms with E-state index in [1.165, 1.54) is 11.1 Å². The largest absolute Gasteiger partial charge is 0.493 e. The smallest absolute Gasteiger partial charge is 0.122 e. The Balaban J connectivity index is 1.69. The van der Waals surface area contributed by atoms with Crippen LogP contribution in [-0.2, 0) is 0 Å². The van der Waals surface area contributed by atoms with Crippen molar-refractivity contribution in [3.05, 3.63) is 41.5 Å². The molecule has 0 saturated carbocycles. The van der Waals surface area contributed by atoms with Gasteiger partial charge in [0.25, 0.3) is 0 Å². The van der Waals surface area contributed by atoms with E-state index in [4.69, 9.17) is 4.74 Å². The van der Waals surface area contributed by atoms with E-state index < -0.39 is 0 Å². The van der Waals surface area contributed by atoms with Crippen molar-refractivity contribution in [1.82, 2.24) is 0 Å². The van der Waals surface area contributed by atoms with Crippen molar-refractivity contribution >= 4 is 0 Å². The highest BCUT2D eigenvalue weighted by Gasteiger charge is 2.29. The molecule has 1 N–H and O–H groups in total. The minimum atomic E-state index is -0.202. The first kappa shape index (κ1) is 14.6. The number of rotatable bonds is 3. The number of fused-ring (bicyclic) bond motifs is 1. The van der Waals surface area contributed by atoms with E-state index in [1.54, 1.807) is 0 Å². The van der Waals surface area contributed by atoms with E-state index in [0.29, 0.717) is 17.8 Å². The van der Waals surface area contributed by atoms with Gasteiger partial charge in [-0.25, -0.2) is 0 Å². The quantitative estimate of drug-likeness (QED) is 0.840. The fraction of sp³-hybridized carbons (Fsp3) is 0.579. The number of ether oxygens (including phenoxy) is 1. The zero-order chi connectivity index (χ0) is 14.8. The molecule has 1 aliphatic heterocycles. The lowest BCUT2D eigenvalue weighted by atomic mass is 9.77. The number of para-hydroxylation sites is 1. The maximum Gasteiger partial charge on any atom is 0.122 e. The summed E-state index contributed by atoms with van der Waals surface area (Å²) in [6.07, 6.45) is 6.20. The molecule has 1 aliphatic carbocycles. The summed E-state index contributed by atoms with van der Waals surface area (Å²) >= 11 is 0. The monoisotopic (exact) mass is 286 g/mol. The van der Waals surface area contributed by atoms with Gasteiger partial charge < -0.3 is 9.84 Å². The van der Waals surface area contributed by atoms with Crippen LogP contribution in [0.3, 0.4) is 0 Å². The summed E-state index contributed by atoms with van der Waals surface area (Å²) in [4.78, 5) is 0. The highest BCUT2D eigenvalue weighted by atomic mass is 16.5. The second-order valence-electron chi connectivity index (χ2n) is 6.87. The SMILES string of the molecule is CC1=CC(C)CC(C(O)CC2CCOc3ccccc32)C1. The van der Waals surface area contributed by atoms with Gasteiger partial charge >= 0.3 is 0 Å². The summed E-state index contributed by atoms with van der Waals surface area (Å²) in [5.74, 6) is 2.46. The van der Waals surface area contributed by atoms with Crippen molar-refractivity contribution in [2.75, 3.05) is 6.61 Å². The molecule has 0 aromatic heterocycles. The van der Waals surface area contributed by atoms with Crippen LogP contribution in [0, 0.1) is 11.8 Å². The van der Waals surface area contributed by atoms with Gasteiger partial charge in [-0.2, -0.15) is 0 Å². The molecule has 0 fully saturated rings. The third-order valence-corrected chi connectivity index (χ3v) is 4.98.